The average molecular weight is 556 g/mol. The van der Waals surface area contributed by atoms with Gasteiger partial charge in [-0.05, 0) is 24.5 Å². The van der Waals surface area contributed by atoms with Gasteiger partial charge >= 0.3 is 0 Å². The molecule has 2 heteroatoms. The van der Waals surface area contributed by atoms with Crippen molar-refractivity contribution >= 4 is 5.69 Å². The summed E-state index contributed by atoms with van der Waals surface area (Å²) in [4.78, 5) is 0. The lowest BCUT2D eigenvalue weighted by Crippen LogP contribution is -2.20. The Morgan fingerprint density at radius 1 is 0.550 bits per heavy atom. The minimum atomic E-state index is 0.571. The maximum absolute atomic E-state index is 6.06. The van der Waals surface area contributed by atoms with Crippen molar-refractivity contribution in [2.45, 2.75) is 186 Å². The molecule has 1 aliphatic heterocycles. The molecule has 0 spiro atoms. The average Bonchev–Trinajstić information content (AvgIpc) is 2.98. The van der Waals surface area contributed by atoms with E-state index < -0.39 is 0 Å². The van der Waals surface area contributed by atoms with Crippen LogP contribution in [0.3, 0.4) is 0 Å². The Balaban J connectivity index is 1.19. The molecule has 0 amide bonds. The predicted octanol–water partition coefficient (Wildman–Crippen LogP) is 12.8. The zero-order chi connectivity index (χ0) is 28.2. The third-order valence-electron chi connectivity index (χ3n) is 9.17. The van der Waals surface area contributed by atoms with Gasteiger partial charge in [-0.2, -0.15) is 0 Å². The Morgan fingerprint density at radius 3 is 1.40 bits per heavy atom. The molecule has 40 heavy (non-hydrogen) atoms. The zero-order valence-electron chi connectivity index (χ0n) is 27.0. The first-order valence-corrected chi connectivity index (χ1v) is 18.3. The third kappa shape index (κ3) is 19.2. The molecule has 0 aliphatic carbocycles. The largest absolute Gasteiger partial charge is 0.385 e. The lowest BCUT2D eigenvalue weighted by atomic mass is 9.92. The number of fused-ring (bicyclic) bond motifs is 1. The number of nitrogens with one attached hydrogen (secondary N) is 1. The number of unbranched alkanes of at least 4 members (excludes halogenated alkanes) is 25. The molecule has 1 heterocycles. The fourth-order valence-corrected chi connectivity index (χ4v) is 6.47. The lowest BCUT2D eigenvalue weighted by molar-refractivity contribution is 0.114. The Morgan fingerprint density at radius 2 is 0.950 bits per heavy atom. The first kappa shape index (κ1) is 35.2. The minimum Gasteiger partial charge on any atom is -0.385 e. The molecular weight excluding hydrogens is 486 g/mol. The van der Waals surface area contributed by atoms with Crippen LogP contribution in [0.4, 0.5) is 5.69 Å². The van der Waals surface area contributed by atoms with Crippen LogP contribution in [0.5, 0.6) is 0 Å². The van der Waals surface area contributed by atoms with E-state index >= 15 is 0 Å². The van der Waals surface area contributed by atoms with Gasteiger partial charge in [0.05, 0.1) is 6.61 Å². The van der Waals surface area contributed by atoms with Gasteiger partial charge in [0.25, 0.3) is 0 Å². The van der Waals surface area contributed by atoms with Crippen molar-refractivity contribution in [2.75, 3.05) is 25.1 Å². The molecule has 0 saturated heterocycles. The summed E-state index contributed by atoms with van der Waals surface area (Å²) in [6, 6.07) is 8.74. The SMILES string of the molecule is CCCCCCCCCCCCCCCCCCCCCCCCCCCCOCC1CCNc2ccccc21. The highest BCUT2D eigenvalue weighted by atomic mass is 16.5. The summed E-state index contributed by atoms with van der Waals surface area (Å²) in [5.41, 5.74) is 2.75. The van der Waals surface area contributed by atoms with Gasteiger partial charge < -0.3 is 10.1 Å². The van der Waals surface area contributed by atoms with Gasteiger partial charge in [-0.1, -0.05) is 186 Å². The van der Waals surface area contributed by atoms with Crippen molar-refractivity contribution in [2.24, 2.45) is 0 Å². The van der Waals surface area contributed by atoms with Crippen LogP contribution >= 0.6 is 0 Å². The fourth-order valence-electron chi connectivity index (χ4n) is 6.47. The van der Waals surface area contributed by atoms with E-state index in [2.05, 4.69) is 36.5 Å². The molecular formula is C38H69NO. The number of rotatable bonds is 29. The van der Waals surface area contributed by atoms with E-state index in [4.69, 9.17) is 4.74 Å². The highest BCUT2D eigenvalue weighted by molar-refractivity contribution is 5.54. The van der Waals surface area contributed by atoms with E-state index in [9.17, 15) is 0 Å². The number of hydrogen-bond donors (Lipinski definition) is 1. The summed E-state index contributed by atoms with van der Waals surface area (Å²) < 4.78 is 6.06. The van der Waals surface area contributed by atoms with Gasteiger partial charge in [-0.25, -0.2) is 0 Å². The highest BCUT2D eigenvalue weighted by Gasteiger charge is 2.19. The molecule has 232 valence electrons. The second-order valence-corrected chi connectivity index (χ2v) is 12.9. The van der Waals surface area contributed by atoms with Crippen LogP contribution in [-0.4, -0.2) is 19.8 Å². The van der Waals surface area contributed by atoms with Crippen LogP contribution in [0.2, 0.25) is 0 Å². The number of ether oxygens (including phenoxy) is 1. The van der Waals surface area contributed by atoms with E-state index in [1.165, 1.54) is 185 Å². The topological polar surface area (TPSA) is 21.3 Å². The van der Waals surface area contributed by atoms with E-state index in [1.807, 2.05) is 0 Å². The molecule has 1 aliphatic rings. The lowest BCUT2D eigenvalue weighted by Gasteiger charge is -2.26. The van der Waals surface area contributed by atoms with Gasteiger partial charge in [-0.3, -0.25) is 0 Å². The quantitative estimate of drug-likeness (QED) is 0.0992. The van der Waals surface area contributed by atoms with Crippen LogP contribution in [-0.2, 0) is 4.74 Å². The molecule has 1 aromatic rings. The predicted molar refractivity (Wildman–Crippen MR) is 179 cm³/mol. The molecule has 1 atom stereocenters. The first-order chi connectivity index (χ1) is 19.9. The summed E-state index contributed by atoms with van der Waals surface area (Å²) in [5, 5.41) is 3.51. The number of hydrogen-bond acceptors (Lipinski definition) is 2. The fraction of sp³-hybridized carbons (Fsp3) is 0.842. The molecule has 1 aromatic carbocycles. The molecule has 0 bridgehead atoms. The summed E-state index contributed by atoms with van der Waals surface area (Å²) >= 11 is 0. The maximum Gasteiger partial charge on any atom is 0.0536 e. The minimum absolute atomic E-state index is 0.571. The third-order valence-corrected chi connectivity index (χ3v) is 9.17. The molecule has 0 saturated carbocycles. The summed E-state index contributed by atoms with van der Waals surface area (Å²) in [5.74, 6) is 0.571. The molecule has 1 N–H and O–H groups in total. The van der Waals surface area contributed by atoms with Crippen molar-refractivity contribution in [1.29, 1.82) is 0 Å². The summed E-state index contributed by atoms with van der Waals surface area (Å²) in [6.45, 7) is 5.20. The van der Waals surface area contributed by atoms with Crippen molar-refractivity contribution in [3.63, 3.8) is 0 Å². The number of para-hydroxylation sites is 1. The standard InChI is InChI=1S/C38H69NO/c1-2-3-4-5-6-7-8-9-10-11-12-13-14-15-16-17-18-19-20-21-22-23-24-25-26-29-34-40-35-36-32-33-39-38-31-28-27-30-37(36)38/h27-28,30-31,36,39H,2-26,29,32-35H2,1H3. The van der Waals surface area contributed by atoms with Crippen molar-refractivity contribution in [3.05, 3.63) is 29.8 Å². The molecule has 0 radical (unpaired) electrons. The van der Waals surface area contributed by atoms with Crippen LogP contribution in [0, 0.1) is 0 Å². The molecule has 1 unspecified atom stereocenters. The van der Waals surface area contributed by atoms with Gasteiger partial charge in [0.2, 0.25) is 0 Å². The maximum atomic E-state index is 6.06. The van der Waals surface area contributed by atoms with Crippen LogP contribution in [0.1, 0.15) is 192 Å². The monoisotopic (exact) mass is 556 g/mol. The van der Waals surface area contributed by atoms with E-state index in [1.54, 1.807) is 0 Å². The highest BCUT2D eigenvalue weighted by Crippen LogP contribution is 2.31. The smallest absolute Gasteiger partial charge is 0.0536 e. The Labute approximate surface area is 251 Å². The molecule has 0 fully saturated rings. The normalized spacial score (nSPS) is 14.8. The second kappa shape index (κ2) is 26.9. The van der Waals surface area contributed by atoms with Crippen molar-refractivity contribution < 1.29 is 4.74 Å². The van der Waals surface area contributed by atoms with Crippen LogP contribution in [0.25, 0.3) is 0 Å². The number of anilines is 1. The first-order valence-electron chi connectivity index (χ1n) is 18.3. The Hall–Kier alpha value is -1.02. The van der Waals surface area contributed by atoms with Crippen LogP contribution < -0.4 is 5.32 Å². The molecule has 2 nitrogen and oxygen atoms in total. The van der Waals surface area contributed by atoms with E-state index in [-0.39, 0.29) is 0 Å². The van der Waals surface area contributed by atoms with Crippen LogP contribution in [0.15, 0.2) is 24.3 Å². The Kier molecular flexibility index (Phi) is 23.6. The summed E-state index contributed by atoms with van der Waals surface area (Å²) in [7, 11) is 0. The van der Waals surface area contributed by atoms with Gasteiger partial charge in [0.15, 0.2) is 0 Å². The van der Waals surface area contributed by atoms with Crippen molar-refractivity contribution in [3.8, 4) is 0 Å². The van der Waals surface area contributed by atoms with E-state index in [0.717, 1.165) is 19.8 Å². The number of benzene rings is 1. The van der Waals surface area contributed by atoms with Gasteiger partial charge in [0, 0.05) is 24.8 Å². The van der Waals surface area contributed by atoms with Gasteiger partial charge in [-0.15, -0.1) is 0 Å². The second-order valence-electron chi connectivity index (χ2n) is 12.9. The van der Waals surface area contributed by atoms with E-state index in [0.29, 0.717) is 5.92 Å². The van der Waals surface area contributed by atoms with Crippen molar-refractivity contribution in [1.82, 2.24) is 0 Å². The Bertz CT molecular complexity index is 659. The summed E-state index contributed by atoms with van der Waals surface area (Å²) in [6.07, 6.45) is 38.8. The van der Waals surface area contributed by atoms with Gasteiger partial charge in [0.1, 0.15) is 0 Å². The molecule has 0 aromatic heterocycles. The zero-order valence-corrected chi connectivity index (χ0v) is 27.0. The molecule has 2 rings (SSSR count).